The van der Waals surface area contributed by atoms with Crippen LogP contribution in [0.4, 0.5) is 0 Å². The molecule has 0 rings (SSSR count). The van der Waals surface area contributed by atoms with Gasteiger partial charge in [0.2, 0.25) is 0 Å². The summed E-state index contributed by atoms with van der Waals surface area (Å²) >= 11 is 0. The lowest BCUT2D eigenvalue weighted by Gasteiger charge is -2.24. The van der Waals surface area contributed by atoms with E-state index in [1.165, 1.54) is 0 Å². The van der Waals surface area contributed by atoms with Crippen LogP contribution in [0, 0.1) is 0 Å². The van der Waals surface area contributed by atoms with Crippen molar-refractivity contribution in [2.24, 2.45) is 0 Å². The number of hydrogen-bond acceptors (Lipinski definition) is 5. The maximum Gasteiger partial charge on any atom is 0.500 e. The quantitative estimate of drug-likeness (QED) is 0.440. The minimum absolute atomic E-state index is 0.223. The number of hydrogen-bond donors (Lipinski definition) is 2. The predicted octanol–water partition coefficient (Wildman–Crippen LogP) is 0.615. The highest BCUT2D eigenvalue weighted by Gasteiger charge is 2.36. The molecule has 0 saturated heterocycles. The smallest absolute Gasteiger partial charge is 0.396 e. The van der Waals surface area contributed by atoms with E-state index < -0.39 is 8.80 Å². The van der Waals surface area contributed by atoms with Gasteiger partial charge in [-0.1, -0.05) is 0 Å². The molecule has 0 aromatic heterocycles. The Bertz CT molecular complexity index is 159. The van der Waals surface area contributed by atoms with Gasteiger partial charge in [0.15, 0.2) is 0 Å². The van der Waals surface area contributed by atoms with E-state index in [1.807, 2.05) is 0 Å². The summed E-state index contributed by atoms with van der Waals surface area (Å²) in [5.74, 6) is 0. The summed E-state index contributed by atoms with van der Waals surface area (Å²) in [6.07, 6.45) is 1.72. The second-order valence-corrected chi connectivity index (χ2v) is 6.86. The molecular formula is C10H25NO4Si. The van der Waals surface area contributed by atoms with Gasteiger partial charge in [0.1, 0.15) is 0 Å². The van der Waals surface area contributed by atoms with Crippen LogP contribution in [0.15, 0.2) is 0 Å². The van der Waals surface area contributed by atoms with Crippen molar-refractivity contribution in [3.8, 4) is 0 Å². The van der Waals surface area contributed by atoms with E-state index >= 15 is 0 Å². The van der Waals surface area contributed by atoms with Gasteiger partial charge in [0.05, 0.1) is 0 Å². The minimum Gasteiger partial charge on any atom is -0.396 e. The van der Waals surface area contributed by atoms with Crippen LogP contribution in [0.25, 0.3) is 0 Å². The first kappa shape index (κ1) is 16.0. The van der Waals surface area contributed by atoms with Crippen molar-refractivity contribution in [2.75, 3.05) is 34.5 Å². The van der Waals surface area contributed by atoms with Crippen LogP contribution < -0.4 is 5.32 Å². The molecule has 0 aliphatic heterocycles. The van der Waals surface area contributed by atoms with Crippen molar-refractivity contribution in [1.82, 2.24) is 5.32 Å². The SMILES string of the molecule is CO[Si](CCCNC(C)CCO)(OC)OC. The van der Waals surface area contributed by atoms with Crippen molar-refractivity contribution in [2.45, 2.75) is 31.9 Å². The molecule has 0 aliphatic carbocycles. The van der Waals surface area contributed by atoms with E-state index in [4.69, 9.17) is 18.4 Å². The molecule has 1 unspecified atom stereocenters. The highest BCUT2D eigenvalue weighted by molar-refractivity contribution is 6.60. The van der Waals surface area contributed by atoms with Crippen molar-refractivity contribution in [3.63, 3.8) is 0 Å². The molecule has 0 aromatic carbocycles. The average Bonchev–Trinajstić information content (AvgIpc) is 2.31. The molecule has 98 valence electrons. The van der Waals surface area contributed by atoms with Gasteiger partial charge in [0.25, 0.3) is 0 Å². The third-order valence-corrected chi connectivity index (χ3v) is 5.48. The lowest BCUT2D eigenvalue weighted by Crippen LogP contribution is -2.43. The molecule has 0 radical (unpaired) electrons. The Labute approximate surface area is 99.5 Å². The maximum atomic E-state index is 8.74. The monoisotopic (exact) mass is 251 g/mol. The van der Waals surface area contributed by atoms with Gasteiger partial charge in [-0.2, -0.15) is 0 Å². The summed E-state index contributed by atoms with van der Waals surface area (Å²) in [6, 6.07) is 1.14. The molecule has 6 heteroatoms. The van der Waals surface area contributed by atoms with Crippen LogP contribution in [0.1, 0.15) is 19.8 Å². The first-order valence-electron chi connectivity index (χ1n) is 5.63. The summed E-state index contributed by atoms with van der Waals surface area (Å²) in [6.45, 7) is 3.16. The van der Waals surface area contributed by atoms with Crippen LogP contribution in [0.3, 0.4) is 0 Å². The van der Waals surface area contributed by atoms with Crippen LogP contribution in [-0.2, 0) is 13.3 Å². The third kappa shape index (κ3) is 5.93. The molecule has 1 atom stereocenters. The first-order chi connectivity index (χ1) is 7.64. The van der Waals surface area contributed by atoms with Gasteiger partial charge in [-0.3, -0.25) is 0 Å². The molecule has 0 saturated carbocycles. The zero-order valence-electron chi connectivity index (χ0n) is 10.8. The Kier molecular flexibility index (Phi) is 9.10. The standard InChI is InChI=1S/C10H25NO4Si/c1-10(6-8-12)11-7-5-9-16(13-2,14-3)15-4/h10-12H,5-9H2,1-4H3. The molecule has 0 fully saturated rings. The van der Waals surface area contributed by atoms with Gasteiger partial charge in [0, 0.05) is 40.0 Å². The van der Waals surface area contributed by atoms with Crippen LogP contribution >= 0.6 is 0 Å². The first-order valence-corrected chi connectivity index (χ1v) is 7.57. The lowest BCUT2D eigenvalue weighted by molar-refractivity contribution is 0.123. The second-order valence-electron chi connectivity index (χ2n) is 3.77. The van der Waals surface area contributed by atoms with Crippen LogP contribution in [0.5, 0.6) is 0 Å². The van der Waals surface area contributed by atoms with E-state index in [9.17, 15) is 0 Å². The fraction of sp³-hybridized carbons (Fsp3) is 1.00. The van der Waals surface area contributed by atoms with Crippen LogP contribution in [-0.4, -0.2) is 54.4 Å². The van der Waals surface area contributed by atoms with Crippen molar-refractivity contribution < 1.29 is 18.4 Å². The molecule has 0 bridgehead atoms. The Morgan fingerprint density at radius 1 is 1.19 bits per heavy atom. The molecule has 2 N–H and O–H groups in total. The second kappa shape index (κ2) is 9.09. The predicted molar refractivity (Wildman–Crippen MR) is 65.4 cm³/mol. The third-order valence-electron chi connectivity index (χ3n) is 2.65. The molecule has 0 aromatic rings. The lowest BCUT2D eigenvalue weighted by atomic mass is 10.2. The fourth-order valence-corrected chi connectivity index (χ4v) is 3.23. The zero-order valence-corrected chi connectivity index (χ0v) is 11.8. The summed E-state index contributed by atoms with van der Waals surface area (Å²) in [4.78, 5) is 0. The summed E-state index contributed by atoms with van der Waals surface area (Å²) in [5.41, 5.74) is 0. The van der Waals surface area contributed by atoms with E-state index in [2.05, 4.69) is 12.2 Å². The van der Waals surface area contributed by atoms with Crippen LogP contribution in [0.2, 0.25) is 6.04 Å². The van der Waals surface area contributed by atoms with Crippen molar-refractivity contribution >= 4 is 8.80 Å². The average molecular weight is 251 g/mol. The maximum absolute atomic E-state index is 8.74. The number of nitrogens with one attached hydrogen (secondary N) is 1. The molecule has 5 nitrogen and oxygen atoms in total. The van der Waals surface area contributed by atoms with E-state index in [0.29, 0.717) is 6.04 Å². The van der Waals surface area contributed by atoms with Crippen molar-refractivity contribution in [1.29, 1.82) is 0 Å². The van der Waals surface area contributed by atoms with Gasteiger partial charge in [-0.05, 0) is 26.3 Å². The zero-order chi connectivity index (χ0) is 12.4. The van der Waals surface area contributed by atoms with E-state index in [-0.39, 0.29) is 6.61 Å². The van der Waals surface area contributed by atoms with Crippen molar-refractivity contribution in [3.05, 3.63) is 0 Å². The summed E-state index contributed by atoms with van der Waals surface area (Å²) in [7, 11) is 2.48. The molecular weight excluding hydrogens is 226 g/mol. The van der Waals surface area contributed by atoms with E-state index in [1.54, 1.807) is 21.3 Å². The number of aliphatic hydroxyl groups is 1. The number of aliphatic hydroxyl groups excluding tert-OH is 1. The molecule has 0 heterocycles. The summed E-state index contributed by atoms with van der Waals surface area (Å²) in [5, 5.41) is 12.1. The normalized spacial score (nSPS) is 14.1. The molecule has 16 heavy (non-hydrogen) atoms. The fourth-order valence-electron chi connectivity index (χ4n) is 1.51. The Morgan fingerprint density at radius 3 is 2.19 bits per heavy atom. The largest absolute Gasteiger partial charge is 0.500 e. The van der Waals surface area contributed by atoms with E-state index in [0.717, 1.165) is 25.4 Å². The Balaban J connectivity index is 3.70. The Morgan fingerprint density at radius 2 is 1.75 bits per heavy atom. The topological polar surface area (TPSA) is 60.0 Å². The van der Waals surface area contributed by atoms with Gasteiger partial charge >= 0.3 is 8.80 Å². The summed E-state index contributed by atoms with van der Waals surface area (Å²) < 4.78 is 16.0. The minimum atomic E-state index is -2.40. The Hall–Kier alpha value is 0.0169. The molecule has 0 spiro atoms. The van der Waals surface area contributed by atoms with Gasteiger partial charge in [-0.15, -0.1) is 0 Å². The highest BCUT2D eigenvalue weighted by atomic mass is 28.4. The number of rotatable bonds is 10. The van der Waals surface area contributed by atoms with Gasteiger partial charge < -0.3 is 23.7 Å². The molecule has 0 amide bonds. The van der Waals surface area contributed by atoms with Gasteiger partial charge in [-0.25, -0.2) is 0 Å². The highest BCUT2D eigenvalue weighted by Crippen LogP contribution is 2.14. The molecule has 0 aliphatic rings.